The molecule has 11 aromatic rings. The summed E-state index contributed by atoms with van der Waals surface area (Å²) in [4.78, 5) is 24.6. The molecule has 0 amide bonds. The summed E-state index contributed by atoms with van der Waals surface area (Å²) in [6.07, 6.45) is 0. The number of fused-ring (bicyclic) bond motifs is 4. The topological polar surface area (TPSA) is 77.6 Å². The summed E-state index contributed by atoms with van der Waals surface area (Å²) in [5.74, 6) is 1.88. The minimum Gasteiger partial charge on any atom is -0.436 e. The zero-order chi connectivity index (χ0) is 39.1. The van der Waals surface area contributed by atoms with Gasteiger partial charge < -0.3 is 4.42 Å². The van der Waals surface area contributed by atoms with Gasteiger partial charge in [0.25, 0.3) is 0 Å². The first-order chi connectivity index (χ1) is 29.2. The van der Waals surface area contributed by atoms with E-state index in [9.17, 15) is 0 Å². The number of hydrogen-bond donors (Lipinski definition) is 0. The SMILES string of the molecule is c1ccc(-c2ccc(-c3nc(-c4ccccc4)nc(-c4cccc(-c5cccc(-c6cccc(-c7ccc8c(c7)oc7nc9ccccc9nc78)c6)c5)c4)n3)cc2)cc1. The summed E-state index contributed by atoms with van der Waals surface area (Å²) in [5.41, 5.74) is 15.4. The molecule has 0 N–H and O–H groups in total. The monoisotopic (exact) mass is 755 g/mol. The second kappa shape index (κ2) is 14.4. The molecule has 3 aromatic heterocycles. The maximum atomic E-state index is 6.24. The van der Waals surface area contributed by atoms with E-state index in [0.717, 1.165) is 83.2 Å². The van der Waals surface area contributed by atoms with Gasteiger partial charge in [-0.1, -0.05) is 158 Å². The third kappa shape index (κ3) is 6.58. The summed E-state index contributed by atoms with van der Waals surface area (Å²) < 4.78 is 6.24. The van der Waals surface area contributed by atoms with Crippen LogP contribution in [0.3, 0.4) is 0 Å². The second-order valence-corrected chi connectivity index (χ2v) is 14.5. The van der Waals surface area contributed by atoms with Crippen molar-refractivity contribution in [3.05, 3.63) is 200 Å². The van der Waals surface area contributed by atoms with Gasteiger partial charge in [-0.25, -0.2) is 24.9 Å². The Balaban J connectivity index is 0.922. The number of rotatable bonds is 7. The van der Waals surface area contributed by atoms with Crippen molar-refractivity contribution in [1.82, 2.24) is 24.9 Å². The Morgan fingerprint density at radius 2 is 0.661 bits per heavy atom. The fourth-order valence-electron chi connectivity index (χ4n) is 7.70. The van der Waals surface area contributed by atoms with Gasteiger partial charge >= 0.3 is 0 Å². The van der Waals surface area contributed by atoms with Gasteiger partial charge in [0.2, 0.25) is 5.71 Å². The smallest absolute Gasteiger partial charge is 0.246 e. The van der Waals surface area contributed by atoms with Gasteiger partial charge in [0, 0.05) is 22.1 Å². The van der Waals surface area contributed by atoms with E-state index in [-0.39, 0.29) is 0 Å². The van der Waals surface area contributed by atoms with E-state index in [0.29, 0.717) is 23.2 Å². The molecule has 59 heavy (non-hydrogen) atoms. The third-order valence-corrected chi connectivity index (χ3v) is 10.7. The van der Waals surface area contributed by atoms with E-state index in [4.69, 9.17) is 29.3 Å². The average molecular weight is 756 g/mol. The molecule has 6 nitrogen and oxygen atoms in total. The first-order valence-corrected chi connectivity index (χ1v) is 19.6. The van der Waals surface area contributed by atoms with Gasteiger partial charge in [0.05, 0.1) is 11.0 Å². The van der Waals surface area contributed by atoms with Crippen LogP contribution in [-0.4, -0.2) is 24.9 Å². The predicted molar refractivity (Wildman–Crippen MR) is 238 cm³/mol. The van der Waals surface area contributed by atoms with Crippen LogP contribution in [0.25, 0.3) is 112 Å². The molecule has 0 unspecified atom stereocenters. The molecular formula is C53H33N5O. The Hall–Kier alpha value is -8.09. The number of para-hydroxylation sites is 2. The molecule has 0 saturated carbocycles. The van der Waals surface area contributed by atoms with Crippen LogP contribution in [0.2, 0.25) is 0 Å². The second-order valence-electron chi connectivity index (χ2n) is 14.5. The van der Waals surface area contributed by atoms with E-state index >= 15 is 0 Å². The molecule has 0 atom stereocenters. The standard InChI is InChI=1S/C53H33N5O/c1-3-12-34(13-4-1)35-24-26-37(27-25-35)51-56-50(36-14-5-2-6-15-36)57-52(58-51)44-21-11-20-42(32-44)40-18-9-16-38(30-40)39-17-10-19-41(31-39)43-28-29-45-48(33-43)59-53-49(45)54-46-22-7-8-23-47(46)55-53/h1-33H. The Bertz CT molecular complexity index is 3320. The molecule has 11 rings (SSSR count). The van der Waals surface area contributed by atoms with Crippen molar-refractivity contribution in [1.29, 1.82) is 0 Å². The van der Waals surface area contributed by atoms with Crippen LogP contribution in [0.4, 0.5) is 0 Å². The first kappa shape index (κ1) is 34.2. The largest absolute Gasteiger partial charge is 0.436 e. The Morgan fingerprint density at radius 1 is 0.271 bits per heavy atom. The summed E-state index contributed by atoms with van der Waals surface area (Å²) >= 11 is 0. The van der Waals surface area contributed by atoms with Crippen LogP contribution >= 0.6 is 0 Å². The summed E-state index contributed by atoms with van der Waals surface area (Å²) in [6.45, 7) is 0. The van der Waals surface area contributed by atoms with Gasteiger partial charge in [-0.3, -0.25) is 0 Å². The van der Waals surface area contributed by atoms with Crippen molar-refractivity contribution in [2.45, 2.75) is 0 Å². The molecule has 0 aliphatic carbocycles. The van der Waals surface area contributed by atoms with Crippen LogP contribution in [0, 0.1) is 0 Å². The van der Waals surface area contributed by atoms with Gasteiger partial charge in [0.1, 0.15) is 11.1 Å². The highest BCUT2D eigenvalue weighted by atomic mass is 16.3. The van der Waals surface area contributed by atoms with Crippen LogP contribution < -0.4 is 0 Å². The van der Waals surface area contributed by atoms with Crippen molar-refractivity contribution in [2.24, 2.45) is 0 Å². The molecule has 0 radical (unpaired) electrons. The molecule has 8 aromatic carbocycles. The number of aromatic nitrogens is 5. The van der Waals surface area contributed by atoms with E-state index in [1.165, 1.54) is 5.56 Å². The number of benzene rings is 8. The van der Waals surface area contributed by atoms with Gasteiger partial charge in [-0.2, -0.15) is 0 Å². The Labute approximate surface area is 340 Å². The average Bonchev–Trinajstić information content (AvgIpc) is 3.68. The fraction of sp³-hybridized carbons (Fsp3) is 0. The van der Waals surface area contributed by atoms with Crippen LogP contribution in [0.15, 0.2) is 205 Å². The molecular weight excluding hydrogens is 723 g/mol. The summed E-state index contributed by atoms with van der Waals surface area (Å²) in [5, 5.41) is 0.954. The number of nitrogens with zero attached hydrogens (tertiary/aromatic N) is 5. The fourth-order valence-corrected chi connectivity index (χ4v) is 7.70. The first-order valence-electron chi connectivity index (χ1n) is 19.6. The highest BCUT2D eigenvalue weighted by Crippen LogP contribution is 2.35. The van der Waals surface area contributed by atoms with E-state index in [1.54, 1.807) is 0 Å². The number of furan rings is 1. The molecule has 276 valence electrons. The molecule has 3 heterocycles. The lowest BCUT2D eigenvalue weighted by atomic mass is 9.95. The van der Waals surface area contributed by atoms with Crippen molar-refractivity contribution in [3.8, 4) is 78.7 Å². The van der Waals surface area contributed by atoms with Crippen molar-refractivity contribution in [3.63, 3.8) is 0 Å². The predicted octanol–water partition coefficient (Wildman–Crippen LogP) is 13.4. The molecule has 6 heteroatoms. The van der Waals surface area contributed by atoms with Gasteiger partial charge in [0.15, 0.2) is 17.5 Å². The van der Waals surface area contributed by atoms with Crippen molar-refractivity contribution >= 4 is 33.2 Å². The van der Waals surface area contributed by atoms with E-state index < -0.39 is 0 Å². The molecule has 0 aliphatic heterocycles. The highest BCUT2D eigenvalue weighted by Gasteiger charge is 2.15. The maximum absolute atomic E-state index is 6.24. The van der Waals surface area contributed by atoms with Gasteiger partial charge in [-0.15, -0.1) is 0 Å². The summed E-state index contributed by atoms with van der Waals surface area (Å²) in [6, 6.07) is 68.8. The van der Waals surface area contributed by atoms with Crippen LogP contribution in [0.1, 0.15) is 0 Å². The highest BCUT2D eigenvalue weighted by molar-refractivity contribution is 6.04. The molecule has 0 aliphatic rings. The van der Waals surface area contributed by atoms with Crippen LogP contribution in [-0.2, 0) is 0 Å². The maximum Gasteiger partial charge on any atom is 0.246 e. The lowest BCUT2D eigenvalue weighted by molar-refractivity contribution is 0.655. The lowest BCUT2D eigenvalue weighted by Gasteiger charge is -2.11. The molecule has 0 saturated heterocycles. The zero-order valence-electron chi connectivity index (χ0n) is 31.7. The van der Waals surface area contributed by atoms with E-state index in [1.807, 2.05) is 60.7 Å². The molecule has 0 bridgehead atoms. The van der Waals surface area contributed by atoms with Crippen molar-refractivity contribution in [2.75, 3.05) is 0 Å². The Morgan fingerprint density at radius 3 is 1.25 bits per heavy atom. The minimum atomic E-state index is 0.548. The van der Waals surface area contributed by atoms with Crippen LogP contribution in [0.5, 0.6) is 0 Å². The Kier molecular flexibility index (Phi) is 8.37. The third-order valence-electron chi connectivity index (χ3n) is 10.7. The summed E-state index contributed by atoms with van der Waals surface area (Å²) in [7, 11) is 0. The quantitative estimate of drug-likeness (QED) is 0.161. The minimum absolute atomic E-state index is 0.548. The van der Waals surface area contributed by atoms with Gasteiger partial charge in [-0.05, 0) is 87.0 Å². The van der Waals surface area contributed by atoms with Crippen molar-refractivity contribution < 1.29 is 4.42 Å². The number of hydrogen-bond acceptors (Lipinski definition) is 6. The molecule has 0 spiro atoms. The molecule has 0 fully saturated rings. The van der Waals surface area contributed by atoms with E-state index in [2.05, 4.69) is 140 Å². The normalized spacial score (nSPS) is 11.4. The zero-order valence-corrected chi connectivity index (χ0v) is 31.7. The lowest BCUT2D eigenvalue weighted by Crippen LogP contribution is -2.00.